The smallest absolute Gasteiger partial charge is 0.112 e. The van der Waals surface area contributed by atoms with Gasteiger partial charge in [-0.2, -0.15) is 0 Å². The van der Waals surface area contributed by atoms with Crippen molar-refractivity contribution in [2.24, 2.45) is 0 Å². The molecule has 0 bridgehead atoms. The van der Waals surface area contributed by atoms with Crippen LogP contribution < -0.4 is 71.0 Å². The van der Waals surface area contributed by atoms with E-state index in [-0.39, 0.29) is 82.1 Å². The molecular formula is C36H11B13. The molecule has 0 amide bonds. The Labute approximate surface area is 304 Å². The Hall–Kier alpha value is -3.84. The highest BCUT2D eigenvalue weighted by Crippen LogP contribution is 2.43. The summed E-state index contributed by atoms with van der Waals surface area (Å²) in [5.74, 6) is 0. The Kier molecular flexibility index (Phi) is 8.37. The van der Waals surface area contributed by atoms with E-state index in [4.69, 9.17) is 102 Å². The summed E-state index contributed by atoms with van der Waals surface area (Å²) in [6, 6.07) is 22.0. The normalized spacial score (nSPS) is 11.5. The molecule has 26 radical (unpaired) electrons. The lowest BCUT2D eigenvalue weighted by atomic mass is 9.56. The van der Waals surface area contributed by atoms with Crippen LogP contribution in [-0.4, -0.2) is 102 Å². The third-order valence-corrected chi connectivity index (χ3v) is 9.55. The molecule has 0 N–H and O–H groups in total. The van der Waals surface area contributed by atoms with Crippen LogP contribution >= 0.6 is 0 Å². The van der Waals surface area contributed by atoms with E-state index < -0.39 is 0 Å². The molecule has 0 nitrogen and oxygen atoms in total. The molecule has 0 aromatic heterocycles. The average Bonchev–Trinajstić information content (AvgIpc) is 3.12. The van der Waals surface area contributed by atoms with Crippen LogP contribution in [0.25, 0.3) is 65.7 Å². The highest BCUT2D eigenvalue weighted by Gasteiger charge is 2.27. The Bertz CT molecular complexity index is 2470. The van der Waals surface area contributed by atoms with Crippen LogP contribution in [0.1, 0.15) is 0 Å². The summed E-state index contributed by atoms with van der Waals surface area (Å²) in [5, 5.41) is 3.25. The van der Waals surface area contributed by atoms with Crippen molar-refractivity contribution < 1.29 is 0 Å². The minimum absolute atomic E-state index is 0.000470. The maximum Gasteiger partial charge on any atom is 0.113 e. The first-order valence-electron chi connectivity index (χ1n) is 15.2. The molecule has 0 saturated carbocycles. The molecule has 0 unspecified atom stereocenters. The first kappa shape index (κ1) is 33.7. The summed E-state index contributed by atoms with van der Waals surface area (Å²) in [7, 11) is 86.1. The second-order valence-electron chi connectivity index (χ2n) is 12.1. The fourth-order valence-corrected chi connectivity index (χ4v) is 6.97. The summed E-state index contributed by atoms with van der Waals surface area (Å²) in [6.07, 6.45) is 0. The lowest BCUT2D eigenvalue weighted by Gasteiger charge is -2.31. The minimum atomic E-state index is -0.000470. The summed E-state index contributed by atoms with van der Waals surface area (Å²) in [6.45, 7) is 0. The molecule has 7 aromatic rings. The van der Waals surface area contributed by atoms with E-state index in [1.807, 2.05) is 66.7 Å². The lowest BCUT2D eigenvalue weighted by molar-refractivity contribution is 1.65. The van der Waals surface area contributed by atoms with Crippen molar-refractivity contribution in [1.82, 2.24) is 0 Å². The molecule has 0 aliphatic heterocycles. The minimum Gasteiger partial charge on any atom is -0.112 e. The first-order valence-corrected chi connectivity index (χ1v) is 15.2. The highest BCUT2D eigenvalue weighted by atomic mass is 14.3. The molecule has 0 atom stereocenters. The van der Waals surface area contributed by atoms with Gasteiger partial charge in [-0.25, -0.2) is 0 Å². The second kappa shape index (κ2) is 12.2. The molecular weight excluding hydrogens is 573 g/mol. The van der Waals surface area contributed by atoms with E-state index in [1.54, 1.807) is 0 Å². The van der Waals surface area contributed by atoms with Crippen molar-refractivity contribution in [3.63, 3.8) is 0 Å². The van der Waals surface area contributed by atoms with Gasteiger partial charge in [-0.1, -0.05) is 99.5 Å². The first-order chi connectivity index (χ1) is 23.3. The number of hydrogen-bond acceptors (Lipinski definition) is 0. The number of rotatable bonds is 3. The average molecular weight is 584 g/mol. The van der Waals surface area contributed by atoms with Crippen molar-refractivity contribution in [2.75, 3.05) is 0 Å². The van der Waals surface area contributed by atoms with Crippen molar-refractivity contribution in [2.45, 2.75) is 0 Å². The van der Waals surface area contributed by atoms with E-state index in [2.05, 4.69) is 0 Å². The zero-order valence-electron chi connectivity index (χ0n) is 26.4. The number of hydrogen-bond donors (Lipinski definition) is 0. The molecule has 49 heavy (non-hydrogen) atoms. The second-order valence-corrected chi connectivity index (χ2v) is 12.1. The largest absolute Gasteiger partial charge is 0.113 e. The maximum atomic E-state index is 6.92. The van der Waals surface area contributed by atoms with Gasteiger partial charge in [0, 0.05) is 0 Å². The van der Waals surface area contributed by atoms with E-state index in [9.17, 15) is 0 Å². The Morgan fingerprint density at radius 1 is 0.245 bits per heavy atom. The fourth-order valence-electron chi connectivity index (χ4n) is 6.97. The predicted molar refractivity (Wildman–Crippen MR) is 225 cm³/mol. The Morgan fingerprint density at radius 3 is 1.02 bits per heavy atom. The van der Waals surface area contributed by atoms with Gasteiger partial charge in [0.25, 0.3) is 0 Å². The van der Waals surface area contributed by atoms with Crippen LogP contribution in [0.5, 0.6) is 0 Å². The van der Waals surface area contributed by atoms with Crippen LogP contribution in [-0.2, 0) is 0 Å². The predicted octanol–water partition coefficient (Wildman–Crippen LogP) is -5.53. The third-order valence-electron chi connectivity index (χ3n) is 9.55. The van der Waals surface area contributed by atoms with Gasteiger partial charge in [0.05, 0.1) is 0 Å². The van der Waals surface area contributed by atoms with Crippen LogP contribution in [0.15, 0.2) is 66.7 Å². The topological polar surface area (TPSA) is 0 Å². The third kappa shape index (κ3) is 4.78. The zero-order valence-corrected chi connectivity index (χ0v) is 26.4. The molecule has 0 fully saturated rings. The summed E-state index contributed by atoms with van der Waals surface area (Å²) >= 11 is 0. The van der Waals surface area contributed by atoms with Crippen molar-refractivity contribution in [1.29, 1.82) is 0 Å². The monoisotopic (exact) mass is 586 g/mol. The number of benzene rings is 7. The molecule has 0 spiro atoms. The Morgan fingerprint density at radius 2 is 0.571 bits per heavy atom. The summed E-state index contributed by atoms with van der Waals surface area (Å²) < 4.78 is 0. The van der Waals surface area contributed by atoms with Gasteiger partial charge >= 0.3 is 0 Å². The molecule has 0 aliphatic carbocycles. The van der Waals surface area contributed by atoms with Gasteiger partial charge in [-0.3, -0.25) is 0 Å². The van der Waals surface area contributed by atoms with E-state index in [0.717, 1.165) is 27.5 Å². The summed E-state index contributed by atoms with van der Waals surface area (Å²) in [4.78, 5) is 0. The van der Waals surface area contributed by atoms with Gasteiger partial charge in [-0.05, 0) is 65.7 Å². The molecule has 7 rings (SSSR count). The van der Waals surface area contributed by atoms with Crippen LogP contribution in [0.3, 0.4) is 0 Å². The number of fused-ring (bicyclic) bond motifs is 3. The van der Waals surface area contributed by atoms with Gasteiger partial charge in [0.2, 0.25) is 0 Å². The van der Waals surface area contributed by atoms with Crippen LogP contribution in [0.2, 0.25) is 0 Å². The van der Waals surface area contributed by atoms with Gasteiger partial charge < -0.3 is 0 Å². The zero-order chi connectivity index (χ0) is 35.2. The van der Waals surface area contributed by atoms with E-state index in [1.165, 1.54) is 0 Å². The lowest BCUT2D eigenvalue weighted by Crippen LogP contribution is -2.55. The molecule has 0 aliphatic rings. The quantitative estimate of drug-likeness (QED) is 0.144. The molecule has 13 heteroatoms. The van der Waals surface area contributed by atoms with Crippen molar-refractivity contribution in [3.8, 4) is 33.4 Å². The Balaban J connectivity index is 1.84. The highest BCUT2D eigenvalue weighted by molar-refractivity contribution is 6.73. The van der Waals surface area contributed by atoms with E-state index in [0.29, 0.717) is 27.1 Å². The van der Waals surface area contributed by atoms with Gasteiger partial charge in [0.15, 0.2) is 0 Å². The van der Waals surface area contributed by atoms with E-state index >= 15 is 0 Å². The van der Waals surface area contributed by atoms with Gasteiger partial charge in [0.1, 0.15) is 102 Å². The summed E-state index contributed by atoms with van der Waals surface area (Å²) in [5.41, 5.74) is 4.37. The maximum absolute atomic E-state index is 6.92. The SMILES string of the molecule is [B]c1c([B])c([B])c(-c2c3c([B])c([B])c([B])c([B])c3c(-c3ccc(-c4ccccc4)c4ccccc34)c3c([B])c([B])c([B])c([B])c23)c([B])c1[B]. The fraction of sp³-hybridized carbons (Fsp3) is 0. The van der Waals surface area contributed by atoms with Gasteiger partial charge in [-0.15, -0.1) is 38.2 Å². The molecule has 7 aromatic carbocycles. The van der Waals surface area contributed by atoms with Crippen molar-refractivity contribution in [3.05, 3.63) is 66.7 Å². The molecule has 0 heterocycles. The van der Waals surface area contributed by atoms with Crippen molar-refractivity contribution >= 4 is 205 Å². The van der Waals surface area contributed by atoms with Crippen LogP contribution in [0, 0.1) is 0 Å². The molecule has 0 saturated heterocycles. The molecule has 194 valence electrons. The standard InChI is InChI=1S/C36H11B13/c37-24-19-17(16-11-10-13(12-6-2-1-3-7-12)14-8-4-5-9-15(14)16)20-22(27(40)33(46)31(44)25(20)38)18(21(19)26(39)32(45)30(24)43)23-28(41)34(47)36(49)35(48)29(23)42/h1-11H. The van der Waals surface area contributed by atoms with Crippen LogP contribution in [0.4, 0.5) is 0 Å².